The number of ether oxygens (including phenoxy) is 2. The van der Waals surface area contributed by atoms with Crippen molar-refractivity contribution in [3.05, 3.63) is 18.2 Å². The number of imidazole rings is 1. The van der Waals surface area contributed by atoms with E-state index in [4.69, 9.17) is 15.2 Å². The maximum absolute atomic E-state index is 14.1. The predicted molar refractivity (Wildman–Crippen MR) is 184 cm³/mol. The molecule has 1 aromatic rings. The van der Waals surface area contributed by atoms with Gasteiger partial charge in [-0.25, -0.2) is 4.98 Å². The summed E-state index contributed by atoms with van der Waals surface area (Å²) in [4.78, 5) is 70.2. The van der Waals surface area contributed by atoms with Crippen LogP contribution in [0.1, 0.15) is 117 Å². The van der Waals surface area contributed by atoms with E-state index in [1.807, 2.05) is 13.8 Å². The summed E-state index contributed by atoms with van der Waals surface area (Å²) in [7, 11) is 0. The summed E-state index contributed by atoms with van der Waals surface area (Å²) in [6.45, 7) is 6.93. The number of H-pyrrole nitrogens is 1. The lowest BCUT2D eigenvalue weighted by atomic mass is 9.84. The minimum absolute atomic E-state index is 0.107. The first kappa shape index (κ1) is 39.9. The molecule has 1 aliphatic heterocycles. The van der Waals surface area contributed by atoms with Crippen molar-refractivity contribution in [1.82, 2.24) is 31.2 Å². The summed E-state index contributed by atoms with van der Waals surface area (Å²) in [5.74, 6) is -1.88. The first-order valence-electron chi connectivity index (χ1n) is 18.1. The molecule has 1 saturated heterocycles. The van der Waals surface area contributed by atoms with Crippen LogP contribution in [0, 0.1) is 11.8 Å². The molecule has 0 spiro atoms. The highest BCUT2D eigenvalue weighted by molar-refractivity contribution is 5.94. The van der Waals surface area contributed by atoms with Crippen LogP contribution in [-0.4, -0.2) is 82.7 Å². The fraction of sp³-hybridized carbons (Fsp3) is 0.771. The van der Waals surface area contributed by atoms with E-state index in [2.05, 4.69) is 31.2 Å². The van der Waals surface area contributed by atoms with Crippen molar-refractivity contribution < 1.29 is 33.4 Å². The van der Waals surface area contributed by atoms with Crippen LogP contribution in [0.2, 0.25) is 0 Å². The van der Waals surface area contributed by atoms with Crippen LogP contribution < -0.4 is 27.0 Å². The minimum Gasteiger partial charge on any atom is -0.370 e. The van der Waals surface area contributed by atoms with Gasteiger partial charge in [0, 0.05) is 31.7 Å². The maximum atomic E-state index is 14.1. The lowest BCUT2D eigenvalue weighted by Gasteiger charge is -2.31. The molecule has 276 valence electrons. The van der Waals surface area contributed by atoms with Gasteiger partial charge >= 0.3 is 0 Å². The van der Waals surface area contributed by atoms with E-state index in [1.165, 1.54) is 6.92 Å². The second kappa shape index (κ2) is 20.9. The van der Waals surface area contributed by atoms with E-state index in [9.17, 15) is 24.0 Å². The van der Waals surface area contributed by atoms with Gasteiger partial charge in [-0.1, -0.05) is 71.6 Å². The number of carbonyl (C=O) groups is 5. The van der Waals surface area contributed by atoms with Crippen molar-refractivity contribution in [2.45, 2.75) is 154 Å². The number of unbranched alkanes of at least 4 members (excludes halogenated alkanes) is 4. The Morgan fingerprint density at radius 3 is 2.29 bits per heavy atom. The number of aromatic nitrogens is 2. The third kappa shape index (κ3) is 14.5. The zero-order chi connectivity index (χ0) is 35.8. The van der Waals surface area contributed by atoms with Crippen molar-refractivity contribution in [1.29, 1.82) is 0 Å². The molecule has 1 aliphatic carbocycles. The molecule has 6 atom stereocenters. The second-order valence-corrected chi connectivity index (χ2v) is 14.1. The normalized spacial score (nSPS) is 20.6. The van der Waals surface area contributed by atoms with E-state index >= 15 is 0 Å². The number of nitrogens with one attached hydrogen (secondary N) is 5. The van der Waals surface area contributed by atoms with Crippen LogP contribution in [0.4, 0.5) is 0 Å². The molecule has 49 heavy (non-hydrogen) atoms. The van der Waals surface area contributed by atoms with Gasteiger partial charge < -0.3 is 41.5 Å². The van der Waals surface area contributed by atoms with Crippen molar-refractivity contribution in [2.75, 3.05) is 6.61 Å². The number of amides is 5. The zero-order valence-corrected chi connectivity index (χ0v) is 29.8. The third-order valence-electron chi connectivity index (χ3n) is 9.36. The molecule has 14 heteroatoms. The van der Waals surface area contributed by atoms with E-state index in [1.54, 1.807) is 19.4 Å². The molecule has 2 fully saturated rings. The number of hydrogen-bond donors (Lipinski definition) is 6. The van der Waals surface area contributed by atoms with Gasteiger partial charge in [-0.2, -0.15) is 0 Å². The fourth-order valence-corrected chi connectivity index (χ4v) is 6.60. The summed E-state index contributed by atoms with van der Waals surface area (Å²) < 4.78 is 12.4. The molecule has 2 aliphatic rings. The third-order valence-corrected chi connectivity index (χ3v) is 9.36. The van der Waals surface area contributed by atoms with Crippen LogP contribution >= 0.6 is 0 Å². The van der Waals surface area contributed by atoms with Gasteiger partial charge in [-0.3, -0.25) is 24.0 Å². The Morgan fingerprint density at radius 1 is 0.918 bits per heavy atom. The first-order valence-corrected chi connectivity index (χ1v) is 18.1. The van der Waals surface area contributed by atoms with E-state index in [0.29, 0.717) is 25.9 Å². The monoisotopic (exact) mass is 689 g/mol. The summed E-state index contributed by atoms with van der Waals surface area (Å²) in [6.07, 6.45) is 14.7. The lowest BCUT2D eigenvalue weighted by molar-refractivity contribution is -0.136. The number of primary amides is 1. The molecule has 0 radical (unpaired) electrons. The standard InChI is InChI=1S/C35H59N7O7/c1-22(2)31(42-32(45)23(3)39-24(4)43)34(47)40-28(17-25-13-9-8-10-14-25)33(46)41-29(18-26-19-37-21-38-26)35-48-20-27(49-35)15-11-6-5-7-12-16-30(36)44/h19,21-23,25,27-29,31,35H,5-18,20H2,1-4H3,(H2,36,44)(H,37,38)(H,39,43)(H,40,47)(H,41,46)(H,42,45)/t23-,27?,28-,29-,31-,35?/m0/s1. The average molecular weight is 690 g/mol. The Hall–Kier alpha value is -3.52. The van der Waals surface area contributed by atoms with Crippen molar-refractivity contribution in [2.24, 2.45) is 17.6 Å². The Balaban J connectivity index is 1.67. The summed E-state index contributed by atoms with van der Waals surface area (Å²) in [5.41, 5.74) is 6.03. The molecule has 2 unspecified atom stereocenters. The van der Waals surface area contributed by atoms with Gasteiger partial charge in [-0.05, 0) is 38.0 Å². The first-order chi connectivity index (χ1) is 23.4. The van der Waals surface area contributed by atoms with Crippen LogP contribution in [0.5, 0.6) is 0 Å². The number of hydrogen-bond acceptors (Lipinski definition) is 8. The molecular formula is C35H59N7O7. The second-order valence-electron chi connectivity index (χ2n) is 14.1. The largest absolute Gasteiger partial charge is 0.370 e. The molecule has 0 bridgehead atoms. The highest BCUT2D eigenvalue weighted by Crippen LogP contribution is 2.28. The van der Waals surface area contributed by atoms with Crippen molar-refractivity contribution in [3.8, 4) is 0 Å². The Labute approximate surface area is 290 Å². The van der Waals surface area contributed by atoms with Gasteiger partial charge in [0.1, 0.15) is 18.1 Å². The smallest absolute Gasteiger partial charge is 0.243 e. The molecule has 7 N–H and O–H groups in total. The van der Waals surface area contributed by atoms with Gasteiger partial charge in [0.05, 0.1) is 25.1 Å². The van der Waals surface area contributed by atoms with Crippen molar-refractivity contribution in [3.63, 3.8) is 0 Å². The topological polar surface area (TPSA) is 207 Å². The summed E-state index contributed by atoms with van der Waals surface area (Å²) in [5, 5.41) is 11.4. The zero-order valence-electron chi connectivity index (χ0n) is 29.8. The molecule has 0 aromatic carbocycles. The Morgan fingerprint density at radius 2 is 1.63 bits per heavy atom. The summed E-state index contributed by atoms with van der Waals surface area (Å²) in [6, 6.07) is -3.11. The number of nitrogens with zero attached hydrogens (tertiary/aromatic N) is 1. The lowest BCUT2D eigenvalue weighted by Crippen LogP contribution is -2.59. The maximum Gasteiger partial charge on any atom is 0.243 e. The SMILES string of the molecule is CC(=O)N[C@@H](C)C(=O)N[C@H](C(=O)N[C@@H](CC1CCCCC1)C(=O)N[C@@H](Cc1cnc[nH]1)C1OCC(CCCCCCCC(N)=O)O1)C(C)C. The number of nitrogens with two attached hydrogens (primary N) is 1. The highest BCUT2D eigenvalue weighted by atomic mass is 16.7. The highest BCUT2D eigenvalue weighted by Gasteiger charge is 2.37. The molecule has 5 amide bonds. The number of rotatable bonds is 21. The van der Waals surface area contributed by atoms with Crippen LogP contribution in [0.25, 0.3) is 0 Å². The van der Waals surface area contributed by atoms with Crippen LogP contribution in [-0.2, 0) is 39.9 Å². The van der Waals surface area contributed by atoms with E-state index < -0.39 is 42.3 Å². The molecule has 3 rings (SSSR count). The van der Waals surface area contributed by atoms with Crippen LogP contribution in [0.3, 0.4) is 0 Å². The predicted octanol–water partition coefficient (Wildman–Crippen LogP) is 2.52. The molecule has 1 saturated carbocycles. The van der Waals surface area contributed by atoms with Gasteiger partial charge in [0.25, 0.3) is 0 Å². The quantitative estimate of drug-likeness (QED) is 0.106. The number of aromatic amines is 1. The molecular weight excluding hydrogens is 630 g/mol. The van der Waals surface area contributed by atoms with Gasteiger partial charge in [-0.15, -0.1) is 0 Å². The Bertz CT molecular complexity index is 1190. The van der Waals surface area contributed by atoms with E-state index in [-0.39, 0.29) is 35.7 Å². The van der Waals surface area contributed by atoms with Crippen LogP contribution in [0.15, 0.2) is 12.5 Å². The average Bonchev–Trinajstić information content (AvgIpc) is 3.75. The number of carbonyl (C=O) groups excluding carboxylic acids is 5. The molecule has 14 nitrogen and oxygen atoms in total. The van der Waals surface area contributed by atoms with Gasteiger partial charge in [0.15, 0.2) is 6.29 Å². The Kier molecular flexibility index (Phi) is 17.0. The van der Waals surface area contributed by atoms with Crippen molar-refractivity contribution >= 4 is 29.5 Å². The minimum atomic E-state index is -0.906. The fourth-order valence-electron chi connectivity index (χ4n) is 6.60. The molecule has 2 heterocycles. The molecule has 1 aromatic heterocycles. The van der Waals surface area contributed by atoms with E-state index in [0.717, 1.165) is 76.3 Å². The van der Waals surface area contributed by atoms with Gasteiger partial charge in [0.2, 0.25) is 29.5 Å². The summed E-state index contributed by atoms with van der Waals surface area (Å²) >= 11 is 0.